The molecule has 0 saturated carbocycles. The number of piperidine rings is 1. The van der Waals surface area contributed by atoms with Crippen LogP contribution in [0.5, 0.6) is 0 Å². The van der Waals surface area contributed by atoms with Gasteiger partial charge in [-0.15, -0.1) is 10.2 Å². The Bertz CT molecular complexity index is 842. The summed E-state index contributed by atoms with van der Waals surface area (Å²) < 4.78 is 12.9. The Balaban J connectivity index is 1.34. The van der Waals surface area contributed by atoms with Gasteiger partial charge in [0.15, 0.2) is 0 Å². The largest absolute Gasteiger partial charge is 0.356 e. The van der Waals surface area contributed by atoms with Crippen molar-refractivity contribution in [2.75, 3.05) is 25.0 Å². The molecular formula is C21H28FN5O2S. The zero-order valence-corrected chi connectivity index (χ0v) is 18.0. The number of amides is 2. The van der Waals surface area contributed by atoms with Crippen LogP contribution in [0.2, 0.25) is 0 Å². The summed E-state index contributed by atoms with van der Waals surface area (Å²) in [4.78, 5) is 26.8. The molecule has 0 spiro atoms. The van der Waals surface area contributed by atoms with Crippen molar-refractivity contribution in [3.8, 4) is 0 Å². The minimum Gasteiger partial charge on any atom is -0.356 e. The van der Waals surface area contributed by atoms with Crippen LogP contribution in [0.25, 0.3) is 0 Å². The summed E-state index contributed by atoms with van der Waals surface area (Å²) in [5, 5.41) is 14.3. The molecule has 1 aromatic heterocycles. The fraction of sp³-hybridized carbons (Fsp3) is 0.524. The number of anilines is 1. The Hall–Kier alpha value is -2.39. The summed E-state index contributed by atoms with van der Waals surface area (Å²) in [5.74, 6) is -0.790. The lowest BCUT2D eigenvalue weighted by molar-refractivity contribution is -0.121. The van der Waals surface area contributed by atoms with E-state index in [2.05, 4.69) is 32.7 Å². The molecule has 2 aromatic rings. The van der Waals surface area contributed by atoms with E-state index in [1.807, 2.05) is 0 Å². The normalized spacial score (nSPS) is 16.9. The Labute approximate surface area is 180 Å². The van der Waals surface area contributed by atoms with Gasteiger partial charge in [-0.2, -0.15) is 0 Å². The number of hydrogen-bond donors (Lipinski definition) is 2. The summed E-state index contributed by atoms with van der Waals surface area (Å²) in [6.07, 6.45) is 5.55. The van der Waals surface area contributed by atoms with Gasteiger partial charge >= 0.3 is 0 Å². The molecule has 1 aliphatic rings. The monoisotopic (exact) mass is 433 g/mol. The van der Waals surface area contributed by atoms with Gasteiger partial charge in [-0.05, 0) is 57.0 Å². The van der Waals surface area contributed by atoms with Crippen molar-refractivity contribution in [3.63, 3.8) is 0 Å². The van der Waals surface area contributed by atoms with Crippen LogP contribution in [0, 0.1) is 5.82 Å². The number of aryl methyl sites for hydroxylation is 1. The van der Waals surface area contributed by atoms with Crippen LogP contribution < -0.4 is 10.6 Å². The Kier molecular flexibility index (Phi) is 8.27. The van der Waals surface area contributed by atoms with Crippen LogP contribution in [0.3, 0.4) is 0 Å². The highest BCUT2D eigenvalue weighted by Crippen LogP contribution is 2.17. The number of nitrogens with one attached hydrogen (secondary N) is 2. The Morgan fingerprint density at radius 3 is 2.80 bits per heavy atom. The number of halogens is 1. The predicted octanol–water partition coefficient (Wildman–Crippen LogP) is 3.24. The fourth-order valence-corrected chi connectivity index (χ4v) is 4.21. The summed E-state index contributed by atoms with van der Waals surface area (Å²) in [7, 11) is 0. The van der Waals surface area contributed by atoms with Crippen LogP contribution >= 0.6 is 11.3 Å². The molecule has 9 heteroatoms. The van der Waals surface area contributed by atoms with Crippen LogP contribution in [0.15, 0.2) is 24.3 Å². The minimum atomic E-state index is -0.401. The highest BCUT2D eigenvalue weighted by Gasteiger charge is 2.17. The molecule has 162 valence electrons. The first-order valence-electron chi connectivity index (χ1n) is 10.4. The molecule has 2 amide bonds. The zero-order chi connectivity index (χ0) is 21.3. The van der Waals surface area contributed by atoms with Gasteiger partial charge in [-0.25, -0.2) is 4.39 Å². The lowest BCUT2D eigenvalue weighted by Crippen LogP contribution is -2.39. The number of carbonyl (C=O) groups excluding carboxylic acids is 2. The first kappa shape index (κ1) is 22.3. The minimum absolute atomic E-state index is 0.0193. The first-order valence-corrected chi connectivity index (χ1v) is 11.2. The van der Waals surface area contributed by atoms with Crippen molar-refractivity contribution in [1.82, 2.24) is 20.4 Å². The van der Waals surface area contributed by atoms with Crippen molar-refractivity contribution in [1.29, 1.82) is 0 Å². The van der Waals surface area contributed by atoms with Crippen molar-refractivity contribution < 1.29 is 14.0 Å². The van der Waals surface area contributed by atoms with Gasteiger partial charge in [0.2, 0.25) is 10.9 Å². The second kappa shape index (κ2) is 11.1. The lowest BCUT2D eigenvalue weighted by atomic mass is 10.0. The van der Waals surface area contributed by atoms with E-state index in [4.69, 9.17) is 0 Å². The third-order valence-electron chi connectivity index (χ3n) is 5.21. The highest BCUT2D eigenvalue weighted by atomic mass is 32.1. The number of carbonyl (C=O) groups is 2. The van der Waals surface area contributed by atoms with Crippen LogP contribution in [-0.4, -0.2) is 52.6 Å². The summed E-state index contributed by atoms with van der Waals surface area (Å²) in [6, 6.07) is 6.14. The number of benzene rings is 1. The van der Waals surface area contributed by atoms with Gasteiger partial charge in [0.25, 0.3) is 5.91 Å². The first-order chi connectivity index (χ1) is 14.5. The van der Waals surface area contributed by atoms with Crippen LogP contribution in [-0.2, 0) is 11.2 Å². The zero-order valence-electron chi connectivity index (χ0n) is 17.2. The van der Waals surface area contributed by atoms with E-state index in [1.165, 1.54) is 43.5 Å². The number of likely N-dealkylation sites (tertiary alicyclic amines) is 1. The molecule has 0 bridgehead atoms. The lowest BCUT2D eigenvalue weighted by Gasteiger charge is -2.33. The predicted molar refractivity (Wildman–Crippen MR) is 115 cm³/mol. The summed E-state index contributed by atoms with van der Waals surface area (Å²) >= 11 is 1.16. The highest BCUT2D eigenvalue weighted by molar-refractivity contribution is 7.13. The van der Waals surface area contributed by atoms with E-state index in [9.17, 15) is 14.0 Å². The van der Waals surface area contributed by atoms with Crippen molar-refractivity contribution in [2.45, 2.75) is 51.5 Å². The van der Waals surface area contributed by atoms with Crippen molar-refractivity contribution in [2.24, 2.45) is 0 Å². The molecule has 0 unspecified atom stereocenters. The van der Waals surface area contributed by atoms with Gasteiger partial charge in [-0.1, -0.05) is 17.8 Å². The quantitative estimate of drug-likeness (QED) is 0.593. The molecule has 7 nitrogen and oxygen atoms in total. The summed E-state index contributed by atoms with van der Waals surface area (Å²) in [6.45, 7) is 5.12. The molecule has 1 aliphatic heterocycles. The van der Waals surface area contributed by atoms with Crippen molar-refractivity contribution in [3.05, 3.63) is 40.1 Å². The van der Waals surface area contributed by atoms with E-state index in [-0.39, 0.29) is 16.7 Å². The molecule has 1 saturated heterocycles. The summed E-state index contributed by atoms with van der Waals surface area (Å²) in [5.41, 5.74) is 0.483. The molecule has 0 radical (unpaired) electrons. The standard InChI is InChI=1S/C21H28FN5O2S/c1-15-5-2-3-13-27(15)14-4-12-23-18(28)10-11-19-25-26-21(30-19)20(29)24-17-8-6-16(22)7-9-17/h6-9,15H,2-5,10-14H2,1H3,(H,23,28)(H,24,29)/t15-/m1/s1. The van der Waals surface area contributed by atoms with E-state index < -0.39 is 5.91 Å². The molecule has 2 heterocycles. The molecule has 1 atom stereocenters. The average Bonchev–Trinajstić information content (AvgIpc) is 3.22. The fourth-order valence-electron chi connectivity index (χ4n) is 3.47. The third kappa shape index (κ3) is 6.84. The van der Waals surface area contributed by atoms with Gasteiger partial charge in [0.1, 0.15) is 10.8 Å². The molecule has 1 fully saturated rings. The van der Waals surface area contributed by atoms with Crippen LogP contribution in [0.1, 0.15) is 53.8 Å². The van der Waals surface area contributed by atoms with E-state index in [0.717, 1.165) is 30.8 Å². The third-order valence-corrected chi connectivity index (χ3v) is 6.20. The smallest absolute Gasteiger partial charge is 0.286 e. The van der Waals surface area contributed by atoms with Gasteiger partial charge in [0.05, 0.1) is 0 Å². The maximum absolute atomic E-state index is 12.9. The number of nitrogens with zero attached hydrogens (tertiary/aromatic N) is 3. The Morgan fingerprint density at radius 1 is 1.23 bits per heavy atom. The van der Waals surface area contributed by atoms with Gasteiger partial charge in [0, 0.05) is 37.7 Å². The second-order valence-electron chi connectivity index (χ2n) is 7.55. The van der Waals surface area contributed by atoms with E-state index in [1.54, 1.807) is 0 Å². The SMILES string of the molecule is C[C@@H]1CCCCN1CCCNC(=O)CCc1nnc(C(=O)Nc2ccc(F)cc2)s1. The average molecular weight is 434 g/mol. The van der Waals surface area contributed by atoms with Gasteiger partial charge in [-0.3, -0.25) is 9.59 Å². The molecule has 2 N–H and O–H groups in total. The number of rotatable bonds is 9. The molecule has 0 aliphatic carbocycles. The van der Waals surface area contributed by atoms with Crippen LogP contribution in [0.4, 0.5) is 10.1 Å². The molecule has 30 heavy (non-hydrogen) atoms. The molecular weight excluding hydrogens is 405 g/mol. The Morgan fingerprint density at radius 2 is 2.03 bits per heavy atom. The van der Waals surface area contributed by atoms with E-state index in [0.29, 0.717) is 36.1 Å². The maximum atomic E-state index is 12.9. The van der Waals surface area contributed by atoms with Crippen molar-refractivity contribution >= 4 is 28.8 Å². The molecule has 1 aromatic carbocycles. The molecule has 3 rings (SSSR count). The number of aromatic nitrogens is 2. The van der Waals surface area contributed by atoms with Gasteiger partial charge < -0.3 is 15.5 Å². The maximum Gasteiger partial charge on any atom is 0.286 e. The number of hydrogen-bond acceptors (Lipinski definition) is 6. The van der Waals surface area contributed by atoms with E-state index >= 15 is 0 Å². The topological polar surface area (TPSA) is 87.2 Å². The second-order valence-corrected chi connectivity index (χ2v) is 8.61.